The topological polar surface area (TPSA) is 21.3 Å². The maximum atomic E-state index is 5.60. The summed E-state index contributed by atoms with van der Waals surface area (Å²) in [5.74, 6) is 0.717. The molecule has 1 aromatic carbocycles. The van der Waals surface area contributed by atoms with Gasteiger partial charge in [0, 0.05) is 23.3 Å². The van der Waals surface area contributed by atoms with Crippen LogP contribution in [0.5, 0.6) is 0 Å². The van der Waals surface area contributed by atoms with Crippen LogP contribution in [0.2, 0.25) is 0 Å². The van der Waals surface area contributed by atoms with Crippen molar-refractivity contribution in [2.45, 2.75) is 34.1 Å². The summed E-state index contributed by atoms with van der Waals surface area (Å²) in [6, 6.07) is 4.27. The Bertz CT molecular complexity index is 354. The Labute approximate surface area is 119 Å². The van der Waals surface area contributed by atoms with Crippen LogP contribution in [-0.4, -0.2) is 19.8 Å². The average molecular weight is 314 g/mol. The quantitative estimate of drug-likeness (QED) is 0.746. The normalized spacial score (nSPS) is 11.0. The fourth-order valence-electron chi connectivity index (χ4n) is 1.86. The van der Waals surface area contributed by atoms with E-state index < -0.39 is 0 Å². The van der Waals surface area contributed by atoms with E-state index in [-0.39, 0.29) is 0 Å². The first-order valence-electron chi connectivity index (χ1n) is 6.59. The molecule has 18 heavy (non-hydrogen) atoms. The Morgan fingerprint density at radius 3 is 2.33 bits per heavy atom. The van der Waals surface area contributed by atoms with Crippen LogP contribution in [0.15, 0.2) is 16.6 Å². The third kappa shape index (κ3) is 5.40. The molecule has 0 amide bonds. The molecule has 0 fully saturated rings. The molecule has 0 atom stereocenters. The molecule has 2 nitrogen and oxygen atoms in total. The minimum absolute atomic E-state index is 0.717. The van der Waals surface area contributed by atoms with Crippen LogP contribution in [0.25, 0.3) is 0 Å². The van der Waals surface area contributed by atoms with Crippen molar-refractivity contribution < 1.29 is 4.74 Å². The molecule has 0 bridgehead atoms. The summed E-state index contributed by atoms with van der Waals surface area (Å²) in [7, 11) is 0. The lowest BCUT2D eigenvalue weighted by molar-refractivity contribution is 0.132. The van der Waals surface area contributed by atoms with E-state index in [0.29, 0.717) is 5.92 Å². The Hall–Kier alpha value is -0.540. The zero-order valence-corrected chi connectivity index (χ0v) is 13.4. The maximum absolute atomic E-state index is 5.60. The Kier molecular flexibility index (Phi) is 6.72. The second-order valence-corrected chi connectivity index (χ2v) is 6.05. The van der Waals surface area contributed by atoms with Gasteiger partial charge in [0.1, 0.15) is 0 Å². The van der Waals surface area contributed by atoms with Gasteiger partial charge in [0.05, 0.1) is 6.61 Å². The molecule has 1 N–H and O–H groups in total. The van der Waals surface area contributed by atoms with Gasteiger partial charge in [-0.3, -0.25) is 0 Å². The van der Waals surface area contributed by atoms with Crippen LogP contribution in [0, 0.1) is 19.8 Å². The monoisotopic (exact) mass is 313 g/mol. The van der Waals surface area contributed by atoms with Crippen molar-refractivity contribution in [2.75, 3.05) is 25.1 Å². The molecule has 0 aliphatic carbocycles. The maximum Gasteiger partial charge on any atom is 0.0639 e. The van der Waals surface area contributed by atoms with Gasteiger partial charge < -0.3 is 10.1 Å². The third-order valence-corrected chi connectivity index (χ3v) is 3.34. The zero-order chi connectivity index (χ0) is 13.5. The van der Waals surface area contributed by atoms with Gasteiger partial charge in [-0.15, -0.1) is 0 Å². The van der Waals surface area contributed by atoms with Gasteiger partial charge in [0.2, 0.25) is 0 Å². The number of hydrogen-bond donors (Lipinski definition) is 1. The van der Waals surface area contributed by atoms with E-state index in [4.69, 9.17) is 4.74 Å². The van der Waals surface area contributed by atoms with Gasteiger partial charge in [-0.05, 0) is 49.4 Å². The smallest absolute Gasteiger partial charge is 0.0639 e. The molecule has 0 spiro atoms. The molecule has 0 saturated heterocycles. The second kappa shape index (κ2) is 7.80. The van der Waals surface area contributed by atoms with Gasteiger partial charge >= 0.3 is 0 Å². The lowest BCUT2D eigenvalue weighted by Crippen LogP contribution is -2.12. The molecule has 3 heteroatoms. The van der Waals surface area contributed by atoms with Gasteiger partial charge in [-0.2, -0.15) is 0 Å². The minimum Gasteiger partial charge on any atom is -0.382 e. The number of benzene rings is 1. The van der Waals surface area contributed by atoms with E-state index in [1.807, 2.05) is 0 Å². The highest BCUT2D eigenvalue weighted by molar-refractivity contribution is 9.10. The second-order valence-electron chi connectivity index (χ2n) is 5.14. The highest BCUT2D eigenvalue weighted by atomic mass is 79.9. The summed E-state index contributed by atoms with van der Waals surface area (Å²) < 4.78 is 6.73. The van der Waals surface area contributed by atoms with Gasteiger partial charge in [-0.1, -0.05) is 29.8 Å². The molecule has 0 saturated carbocycles. The first-order valence-corrected chi connectivity index (χ1v) is 7.38. The van der Waals surface area contributed by atoms with Crippen molar-refractivity contribution in [3.8, 4) is 0 Å². The largest absolute Gasteiger partial charge is 0.382 e. The molecular formula is C15H24BrNO. The molecule has 102 valence electrons. The highest BCUT2D eigenvalue weighted by Gasteiger charge is 2.03. The lowest BCUT2D eigenvalue weighted by atomic mass is 10.1. The van der Waals surface area contributed by atoms with E-state index in [1.54, 1.807) is 0 Å². The fourth-order valence-corrected chi connectivity index (χ4v) is 2.55. The Morgan fingerprint density at radius 1 is 1.17 bits per heavy atom. The molecule has 0 unspecified atom stereocenters. The summed E-state index contributed by atoms with van der Waals surface area (Å²) in [4.78, 5) is 0. The van der Waals surface area contributed by atoms with E-state index >= 15 is 0 Å². The Morgan fingerprint density at radius 2 is 1.78 bits per heavy atom. The third-order valence-electron chi connectivity index (χ3n) is 2.89. The molecule has 0 aromatic heterocycles. The molecule has 0 aliphatic heterocycles. The van der Waals surface area contributed by atoms with Gasteiger partial charge in [-0.25, -0.2) is 0 Å². The van der Waals surface area contributed by atoms with Crippen molar-refractivity contribution >= 4 is 21.6 Å². The first-order chi connectivity index (χ1) is 8.50. The minimum atomic E-state index is 0.717. The Balaban J connectivity index is 2.31. The molecule has 0 aliphatic rings. The van der Waals surface area contributed by atoms with Crippen LogP contribution < -0.4 is 5.32 Å². The molecule has 0 radical (unpaired) electrons. The summed E-state index contributed by atoms with van der Waals surface area (Å²) in [6.07, 6.45) is 1.14. The summed E-state index contributed by atoms with van der Waals surface area (Å²) in [5, 5.41) is 3.45. The van der Waals surface area contributed by atoms with Crippen molar-refractivity contribution in [2.24, 2.45) is 5.92 Å². The van der Waals surface area contributed by atoms with Crippen LogP contribution in [0.1, 0.15) is 31.4 Å². The van der Waals surface area contributed by atoms with E-state index in [2.05, 4.69) is 61.1 Å². The number of anilines is 1. The first kappa shape index (κ1) is 15.5. The predicted molar refractivity (Wildman–Crippen MR) is 82.4 cm³/mol. The highest BCUT2D eigenvalue weighted by Crippen LogP contribution is 2.24. The number of halogens is 1. The van der Waals surface area contributed by atoms with Crippen LogP contribution >= 0.6 is 15.9 Å². The number of nitrogens with one attached hydrogen (secondary N) is 1. The van der Waals surface area contributed by atoms with E-state index in [0.717, 1.165) is 30.7 Å². The number of hydrogen-bond acceptors (Lipinski definition) is 2. The van der Waals surface area contributed by atoms with Crippen LogP contribution in [0.3, 0.4) is 0 Å². The predicted octanol–water partition coefficient (Wildman–Crippen LogP) is 4.54. The van der Waals surface area contributed by atoms with Crippen molar-refractivity contribution in [1.29, 1.82) is 0 Å². The van der Waals surface area contributed by atoms with Gasteiger partial charge in [0.15, 0.2) is 0 Å². The number of ether oxygens (including phenoxy) is 1. The summed E-state index contributed by atoms with van der Waals surface area (Å²) in [6.45, 7) is 11.2. The molecule has 1 rings (SSSR count). The van der Waals surface area contributed by atoms with Crippen LogP contribution in [-0.2, 0) is 4.74 Å². The molecule has 0 heterocycles. The number of aryl methyl sites for hydroxylation is 2. The van der Waals surface area contributed by atoms with Gasteiger partial charge in [0.25, 0.3) is 0 Å². The molecule has 1 aromatic rings. The average Bonchev–Trinajstić information content (AvgIpc) is 2.25. The number of rotatable bonds is 7. The SMILES string of the molecule is Cc1cc(Br)cc(C)c1NCCOCCC(C)C. The zero-order valence-electron chi connectivity index (χ0n) is 11.8. The van der Waals surface area contributed by atoms with Crippen molar-refractivity contribution in [3.63, 3.8) is 0 Å². The molecular weight excluding hydrogens is 290 g/mol. The van der Waals surface area contributed by atoms with Crippen molar-refractivity contribution in [1.82, 2.24) is 0 Å². The van der Waals surface area contributed by atoms with E-state index in [9.17, 15) is 0 Å². The summed E-state index contributed by atoms with van der Waals surface area (Å²) in [5.41, 5.74) is 3.76. The lowest BCUT2D eigenvalue weighted by Gasteiger charge is -2.13. The summed E-state index contributed by atoms with van der Waals surface area (Å²) >= 11 is 3.51. The van der Waals surface area contributed by atoms with E-state index in [1.165, 1.54) is 16.8 Å². The van der Waals surface area contributed by atoms with Crippen molar-refractivity contribution in [3.05, 3.63) is 27.7 Å². The fraction of sp³-hybridized carbons (Fsp3) is 0.600. The van der Waals surface area contributed by atoms with Crippen LogP contribution in [0.4, 0.5) is 5.69 Å². The standard InChI is InChI=1S/C15H24BrNO/c1-11(2)5-7-18-8-6-17-15-12(3)9-14(16)10-13(15)4/h9-11,17H,5-8H2,1-4H3.